The Labute approximate surface area is 222 Å². The second-order valence-corrected chi connectivity index (χ2v) is 9.44. The second kappa shape index (κ2) is 10.6. The number of halogens is 3. The minimum absolute atomic E-state index is 0.253. The van der Waals surface area contributed by atoms with Crippen molar-refractivity contribution in [2.24, 2.45) is 0 Å². The zero-order chi connectivity index (χ0) is 25.1. The highest BCUT2D eigenvalue weighted by Crippen LogP contribution is 2.35. The van der Waals surface area contributed by atoms with Gasteiger partial charge in [-0.05, 0) is 76.2 Å². The SMILES string of the molecule is COc1cc(/C=C2/C(=O)NC(=O)N(c3ccccc3F)C2=O)cc(I)c1OCc1ccc(Br)cc1. The van der Waals surface area contributed by atoms with Crippen molar-refractivity contribution in [1.82, 2.24) is 5.32 Å². The van der Waals surface area contributed by atoms with Crippen LogP contribution in [0.2, 0.25) is 0 Å². The van der Waals surface area contributed by atoms with E-state index in [9.17, 15) is 18.8 Å². The Morgan fingerprint density at radius 3 is 2.49 bits per heavy atom. The lowest BCUT2D eigenvalue weighted by Crippen LogP contribution is -2.54. The van der Waals surface area contributed by atoms with Crippen LogP contribution in [0.15, 0.2) is 70.7 Å². The third-order valence-electron chi connectivity index (χ3n) is 5.05. The van der Waals surface area contributed by atoms with E-state index in [1.807, 2.05) is 24.3 Å². The molecule has 1 aliphatic heterocycles. The molecule has 0 spiro atoms. The van der Waals surface area contributed by atoms with Gasteiger partial charge >= 0.3 is 6.03 Å². The Hall–Kier alpha value is -3.25. The Kier molecular flexibility index (Phi) is 7.51. The van der Waals surface area contributed by atoms with Gasteiger partial charge in [-0.2, -0.15) is 0 Å². The fourth-order valence-electron chi connectivity index (χ4n) is 3.38. The topological polar surface area (TPSA) is 84.9 Å². The lowest BCUT2D eigenvalue weighted by Gasteiger charge is -2.26. The minimum atomic E-state index is -1.02. The third-order valence-corrected chi connectivity index (χ3v) is 6.38. The van der Waals surface area contributed by atoms with Crippen molar-refractivity contribution in [3.63, 3.8) is 0 Å². The second-order valence-electron chi connectivity index (χ2n) is 7.36. The normalized spacial score (nSPS) is 14.8. The van der Waals surface area contributed by atoms with Gasteiger partial charge in [0.2, 0.25) is 0 Å². The fraction of sp³-hybridized carbons (Fsp3) is 0.0800. The Morgan fingerprint density at radius 2 is 1.80 bits per heavy atom. The van der Waals surface area contributed by atoms with E-state index in [4.69, 9.17) is 9.47 Å². The Balaban J connectivity index is 1.64. The molecule has 178 valence electrons. The molecule has 7 nitrogen and oxygen atoms in total. The maximum Gasteiger partial charge on any atom is 0.336 e. The predicted molar refractivity (Wildman–Crippen MR) is 140 cm³/mol. The molecule has 10 heteroatoms. The maximum atomic E-state index is 14.3. The van der Waals surface area contributed by atoms with Gasteiger partial charge in [-0.1, -0.05) is 40.2 Å². The summed E-state index contributed by atoms with van der Waals surface area (Å²) in [5, 5.41) is 2.08. The van der Waals surface area contributed by atoms with Gasteiger partial charge in [0.1, 0.15) is 18.0 Å². The van der Waals surface area contributed by atoms with E-state index in [1.54, 1.807) is 12.1 Å². The van der Waals surface area contributed by atoms with Gasteiger partial charge in [0, 0.05) is 4.47 Å². The number of nitrogens with one attached hydrogen (secondary N) is 1. The van der Waals surface area contributed by atoms with Crippen LogP contribution in [0.1, 0.15) is 11.1 Å². The number of benzene rings is 3. The number of ether oxygens (including phenoxy) is 2. The van der Waals surface area contributed by atoms with Crippen molar-refractivity contribution < 1.29 is 28.2 Å². The largest absolute Gasteiger partial charge is 0.493 e. The third kappa shape index (κ3) is 5.38. The van der Waals surface area contributed by atoms with E-state index in [0.717, 1.165) is 16.1 Å². The highest BCUT2D eigenvalue weighted by molar-refractivity contribution is 14.1. The van der Waals surface area contributed by atoms with Crippen LogP contribution in [-0.2, 0) is 16.2 Å². The number of hydrogen-bond acceptors (Lipinski definition) is 5. The van der Waals surface area contributed by atoms with Crippen molar-refractivity contribution in [3.05, 3.63) is 91.2 Å². The number of hydrogen-bond donors (Lipinski definition) is 1. The number of amides is 4. The van der Waals surface area contributed by atoms with Crippen molar-refractivity contribution in [2.45, 2.75) is 6.61 Å². The van der Waals surface area contributed by atoms with Gasteiger partial charge in [0.15, 0.2) is 11.5 Å². The molecule has 3 aromatic carbocycles. The molecule has 0 saturated carbocycles. The number of nitrogens with zero attached hydrogens (tertiary/aromatic N) is 1. The molecular formula is C25H17BrFIN2O5. The van der Waals surface area contributed by atoms with E-state index in [1.165, 1.54) is 31.4 Å². The van der Waals surface area contributed by atoms with Crippen molar-refractivity contribution in [3.8, 4) is 11.5 Å². The number of methoxy groups -OCH3 is 1. The molecule has 0 radical (unpaired) electrons. The van der Waals surface area contributed by atoms with Crippen LogP contribution in [0, 0.1) is 9.39 Å². The first-order valence-electron chi connectivity index (χ1n) is 10.2. The number of rotatable bonds is 6. The van der Waals surface area contributed by atoms with Crippen molar-refractivity contribution >= 4 is 68.1 Å². The van der Waals surface area contributed by atoms with Gasteiger partial charge in [0.25, 0.3) is 11.8 Å². The predicted octanol–water partition coefficient (Wildman–Crippen LogP) is 5.45. The highest BCUT2D eigenvalue weighted by atomic mass is 127. The molecule has 35 heavy (non-hydrogen) atoms. The number of anilines is 1. The lowest BCUT2D eigenvalue weighted by atomic mass is 10.1. The summed E-state index contributed by atoms with van der Waals surface area (Å²) < 4.78 is 27.3. The molecule has 1 N–H and O–H groups in total. The molecule has 4 amide bonds. The van der Waals surface area contributed by atoms with E-state index in [0.29, 0.717) is 32.1 Å². The first-order valence-corrected chi connectivity index (χ1v) is 12.1. The van der Waals surface area contributed by atoms with Crippen LogP contribution in [0.25, 0.3) is 6.08 Å². The molecule has 1 aliphatic rings. The van der Waals surface area contributed by atoms with Gasteiger partial charge in [-0.3, -0.25) is 14.9 Å². The quantitative estimate of drug-likeness (QED) is 0.218. The Bertz CT molecular complexity index is 1360. The molecule has 0 aromatic heterocycles. The highest BCUT2D eigenvalue weighted by Gasteiger charge is 2.38. The number of carbonyl (C=O) groups is 3. The molecule has 4 rings (SSSR count). The zero-order valence-corrected chi connectivity index (χ0v) is 21.9. The van der Waals surface area contributed by atoms with Crippen LogP contribution < -0.4 is 19.7 Å². The standard InChI is InChI=1S/C25H17BrFIN2O5/c1-34-21-12-15(11-19(28)22(21)35-13-14-6-8-16(26)9-7-14)10-17-23(31)29-25(33)30(24(17)32)20-5-3-2-4-18(20)27/h2-12H,13H2,1H3,(H,29,31,33)/b17-10-. The Morgan fingerprint density at radius 1 is 1.09 bits per heavy atom. The first kappa shape index (κ1) is 24.9. The summed E-state index contributed by atoms with van der Waals surface area (Å²) in [4.78, 5) is 38.4. The summed E-state index contributed by atoms with van der Waals surface area (Å²) in [6.45, 7) is 0.306. The van der Waals surface area contributed by atoms with Crippen LogP contribution in [0.4, 0.5) is 14.9 Å². The molecule has 1 fully saturated rings. The van der Waals surface area contributed by atoms with Gasteiger partial charge in [-0.25, -0.2) is 14.1 Å². The first-order chi connectivity index (χ1) is 16.8. The molecule has 1 saturated heterocycles. The zero-order valence-electron chi connectivity index (χ0n) is 18.2. The van der Waals surface area contributed by atoms with E-state index >= 15 is 0 Å². The smallest absolute Gasteiger partial charge is 0.336 e. The monoisotopic (exact) mass is 650 g/mol. The molecule has 0 atom stereocenters. The number of urea groups is 1. The summed E-state index contributed by atoms with van der Waals surface area (Å²) in [6, 6.07) is 15.3. The summed E-state index contributed by atoms with van der Waals surface area (Å²) in [7, 11) is 1.48. The average molecular weight is 651 g/mol. The van der Waals surface area contributed by atoms with Gasteiger partial charge in [0.05, 0.1) is 16.4 Å². The molecule has 0 aliphatic carbocycles. The van der Waals surface area contributed by atoms with E-state index < -0.39 is 23.7 Å². The van der Waals surface area contributed by atoms with Crippen molar-refractivity contribution in [2.75, 3.05) is 12.0 Å². The molecule has 0 bridgehead atoms. The average Bonchev–Trinajstić information content (AvgIpc) is 2.83. The lowest BCUT2D eigenvalue weighted by molar-refractivity contribution is -0.122. The summed E-state index contributed by atoms with van der Waals surface area (Å²) in [5.41, 5.74) is 0.842. The number of imide groups is 2. The van der Waals surface area contributed by atoms with Crippen molar-refractivity contribution in [1.29, 1.82) is 0 Å². The summed E-state index contributed by atoms with van der Waals surface area (Å²) >= 11 is 5.46. The van der Waals surface area contributed by atoms with Gasteiger partial charge < -0.3 is 9.47 Å². The molecule has 0 unspecified atom stereocenters. The summed E-state index contributed by atoms with van der Waals surface area (Å²) in [5.74, 6) is -1.69. The maximum absolute atomic E-state index is 14.3. The minimum Gasteiger partial charge on any atom is -0.493 e. The fourth-order valence-corrected chi connectivity index (χ4v) is 4.42. The molecular weight excluding hydrogens is 634 g/mol. The number of barbiturate groups is 1. The van der Waals surface area contributed by atoms with Crippen LogP contribution in [0.3, 0.4) is 0 Å². The molecule has 1 heterocycles. The van der Waals surface area contributed by atoms with E-state index in [2.05, 4.69) is 43.8 Å². The van der Waals surface area contributed by atoms with Crippen LogP contribution in [-0.4, -0.2) is 25.0 Å². The van der Waals surface area contributed by atoms with E-state index in [-0.39, 0.29) is 11.3 Å². The van der Waals surface area contributed by atoms with Crippen LogP contribution in [0.5, 0.6) is 11.5 Å². The van der Waals surface area contributed by atoms with Crippen LogP contribution >= 0.6 is 38.5 Å². The summed E-state index contributed by atoms with van der Waals surface area (Å²) in [6.07, 6.45) is 1.32. The number of carbonyl (C=O) groups excluding carboxylic acids is 3. The van der Waals surface area contributed by atoms with Gasteiger partial charge in [-0.15, -0.1) is 0 Å². The number of para-hydroxylation sites is 1. The molecule has 3 aromatic rings.